The van der Waals surface area contributed by atoms with Crippen LogP contribution in [0, 0.1) is 6.92 Å². The lowest BCUT2D eigenvalue weighted by Crippen LogP contribution is -2.31. The summed E-state index contributed by atoms with van der Waals surface area (Å²) >= 11 is 3.54. The van der Waals surface area contributed by atoms with E-state index in [-0.39, 0.29) is 18.3 Å². The van der Waals surface area contributed by atoms with Crippen LogP contribution >= 0.6 is 15.9 Å². The summed E-state index contributed by atoms with van der Waals surface area (Å²) in [4.78, 5) is 19.7. The second-order valence-corrected chi connectivity index (χ2v) is 9.44. The Balaban J connectivity index is 1.35. The number of hydrogen-bond donors (Lipinski definition) is 0. The molecule has 3 aliphatic heterocycles. The normalized spacial score (nSPS) is 17.9. The number of fused-ring (bicyclic) bond motifs is 4. The molecule has 8 heteroatoms. The van der Waals surface area contributed by atoms with E-state index in [2.05, 4.69) is 25.8 Å². The smallest absolute Gasteiger partial charge is 0.232 e. The van der Waals surface area contributed by atoms with Crippen molar-refractivity contribution < 1.29 is 23.7 Å². The van der Waals surface area contributed by atoms with Crippen molar-refractivity contribution in [3.63, 3.8) is 0 Å². The molecule has 34 heavy (non-hydrogen) atoms. The van der Waals surface area contributed by atoms with Gasteiger partial charge in [0.25, 0.3) is 0 Å². The number of Topliss-reactive ketones (excluding diaryl/α,β-unsaturated/α-hetero) is 1. The molecule has 1 aromatic heterocycles. The third kappa shape index (κ3) is 3.77. The molecule has 2 aromatic carbocycles. The first kappa shape index (κ1) is 21.3. The van der Waals surface area contributed by atoms with E-state index in [9.17, 15) is 4.79 Å². The zero-order valence-electron chi connectivity index (χ0n) is 18.5. The molecule has 0 saturated carbocycles. The number of rotatable bonds is 3. The monoisotopic (exact) mass is 520 g/mol. The Morgan fingerprint density at radius 3 is 2.85 bits per heavy atom. The zero-order chi connectivity index (χ0) is 23.2. The molecule has 0 spiro atoms. The van der Waals surface area contributed by atoms with E-state index < -0.39 is 0 Å². The molecule has 172 valence electrons. The number of halogens is 1. The molecule has 0 amide bonds. The van der Waals surface area contributed by atoms with Gasteiger partial charge in [-0.2, -0.15) is 0 Å². The molecule has 0 aliphatic carbocycles. The minimum Gasteiger partial charge on any atom is -0.478 e. The van der Waals surface area contributed by atoms with Crippen molar-refractivity contribution in [2.24, 2.45) is 0 Å². The number of benzene rings is 2. The summed E-state index contributed by atoms with van der Waals surface area (Å²) in [6, 6.07) is 9.78. The van der Waals surface area contributed by atoms with Crippen LogP contribution in [0.2, 0.25) is 0 Å². The Morgan fingerprint density at radius 2 is 2.00 bits per heavy atom. The summed E-state index contributed by atoms with van der Waals surface area (Å²) in [6.07, 6.45) is 5.32. The minimum atomic E-state index is -0.137. The molecule has 0 N–H and O–H groups in total. The molecular formula is C26H21BrN2O5. The van der Waals surface area contributed by atoms with Gasteiger partial charge in [-0.3, -0.25) is 14.7 Å². The van der Waals surface area contributed by atoms with Crippen LogP contribution in [-0.2, 0) is 24.4 Å². The largest absolute Gasteiger partial charge is 0.478 e. The maximum atomic E-state index is 13.4. The minimum absolute atomic E-state index is 0.137. The first-order valence-corrected chi connectivity index (χ1v) is 11.7. The number of carbonyl (C=O) groups is 1. The Labute approximate surface area is 205 Å². The molecule has 0 radical (unpaired) electrons. The lowest BCUT2D eigenvalue weighted by molar-refractivity contribution is -0.0165. The van der Waals surface area contributed by atoms with Gasteiger partial charge in [0.05, 0.1) is 17.7 Å². The van der Waals surface area contributed by atoms with E-state index >= 15 is 0 Å². The van der Waals surface area contributed by atoms with E-state index in [4.69, 9.17) is 18.9 Å². The fourth-order valence-corrected chi connectivity index (χ4v) is 5.10. The van der Waals surface area contributed by atoms with Crippen molar-refractivity contribution in [2.45, 2.75) is 26.6 Å². The van der Waals surface area contributed by atoms with Crippen LogP contribution < -0.4 is 14.2 Å². The quantitative estimate of drug-likeness (QED) is 0.450. The molecule has 7 nitrogen and oxygen atoms in total. The number of allylic oxidation sites excluding steroid dienone is 1. The van der Waals surface area contributed by atoms with Crippen molar-refractivity contribution in [3.05, 3.63) is 86.3 Å². The molecule has 0 atom stereocenters. The van der Waals surface area contributed by atoms with E-state index in [1.54, 1.807) is 18.5 Å². The van der Waals surface area contributed by atoms with Gasteiger partial charge in [-0.1, -0.05) is 15.9 Å². The van der Waals surface area contributed by atoms with Gasteiger partial charge < -0.3 is 18.9 Å². The summed E-state index contributed by atoms with van der Waals surface area (Å²) in [5.74, 6) is 2.19. The fraction of sp³-hybridized carbons (Fsp3) is 0.231. The molecular weight excluding hydrogens is 500 g/mol. The Hall–Kier alpha value is -3.20. The molecule has 0 bridgehead atoms. The lowest BCUT2D eigenvalue weighted by atomic mass is 9.98. The number of ketones is 1. The van der Waals surface area contributed by atoms with Crippen molar-refractivity contribution in [1.82, 2.24) is 9.88 Å². The highest BCUT2D eigenvalue weighted by Gasteiger charge is 2.35. The topological polar surface area (TPSA) is 70.1 Å². The maximum absolute atomic E-state index is 13.4. The van der Waals surface area contributed by atoms with Crippen molar-refractivity contribution in [3.8, 4) is 17.2 Å². The number of hydrogen-bond acceptors (Lipinski definition) is 7. The molecule has 0 unspecified atom stereocenters. The first-order valence-electron chi connectivity index (χ1n) is 10.9. The first-order chi connectivity index (χ1) is 16.6. The van der Waals surface area contributed by atoms with E-state index in [1.165, 1.54) is 0 Å². The predicted molar refractivity (Wildman–Crippen MR) is 128 cm³/mol. The highest BCUT2D eigenvalue weighted by molar-refractivity contribution is 9.10. The summed E-state index contributed by atoms with van der Waals surface area (Å²) in [5, 5.41) is 0. The summed E-state index contributed by atoms with van der Waals surface area (Å²) in [5.41, 5.74) is 5.15. The van der Waals surface area contributed by atoms with Crippen LogP contribution in [0.1, 0.15) is 38.2 Å². The average molecular weight is 521 g/mol. The van der Waals surface area contributed by atoms with Crippen LogP contribution in [-0.4, -0.2) is 29.2 Å². The maximum Gasteiger partial charge on any atom is 0.232 e. The van der Waals surface area contributed by atoms with Gasteiger partial charge in [-0.25, -0.2) is 0 Å². The molecule has 0 saturated heterocycles. The molecule has 4 heterocycles. The predicted octanol–water partition coefficient (Wildman–Crippen LogP) is 4.99. The van der Waals surface area contributed by atoms with E-state index in [0.717, 1.165) is 38.0 Å². The van der Waals surface area contributed by atoms with Gasteiger partial charge in [-0.05, 0) is 54.5 Å². The van der Waals surface area contributed by atoms with Crippen LogP contribution in [0.25, 0.3) is 6.08 Å². The number of nitrogens with zero attached hydrogens (tertiary/aromatic N) is 2. The summed E-state index contributed by atoms with van der Waals surface area (Å²) < 4.78 is 24.3. The standard InChI is InChI=1S/C26H21BrN2O5/c1-15-6-21-20(11-29(13-32-21)10-16-2-4-28-5-3-16)26-23(15)24(30)22(34-26)9-17-7-19(27)8-18-12-31-14-33-25(17)18/h2-9H,10-14H2,1H3/b22-9-. The molecule has 6 rings (SSSR count). The van der Waals surface area contributed by atoms with Crippen molar-refractivity contribution in [1.29, 1.82) is 0 Å². The number of pyridine rings is 1. The third-order valence-electron chi connectivity index (χ3n) is 6.13. The van der Waals surface area contributed by atoms with Crippen LogP contribution in [0.4, 0.5) is 0 Å². The Bertz CT molecular complexity index is 1340. The highest BCUT2D eigenvalue weighted by atomic mass is 79.9. The summed E-state index contributed by atoms with van der Waals surface area (Å²) in [7, 11) is 0. The van der Waals surface area contributed by atoms with Crippen LogP contribution in [0.3, 0.4) is 0 Å². The number of carbonyl (C=O) groups excluding carboxylic acids is 1. The van der Waals surface area contributed by atoms with Gasteiger partial charge in [-0.15, -0.1) is 0 Å². The van der Waals surface area contributed by atoms with Gasteiger partial charge in [0, 0.05) is 41.1 Å². The molecule has 3 aliphatic rings. The van der Waals surface area contributed by atoms with Crippen molar-refractivity contribution >= 4 is 27.8 Å². The van der Waals surface area contributed by atoms with Crippen LogP contribution in [0.15, 0.2) is 53.0 Å². The number of ether oxygens (including phenoxy) is 4. The Kier molecular flexibility index (Phi) is 5.36. The van der Waals surface area contributed by atoms with Crippen LogP contribution in [0.5, 0.6) is 17.2 Å². The van der Waals surface area contributed by atoms with Gasteiger partial charge >= 0.3 is 0 Å². The lowest BCUT2D eigenvalue weighted by Gasteiger charge is -2.30. The van der Waals surface area contributed by atoms with E-state index in [0.29, 0.717) is 43.5 Å². The fourth-order valence-electron chi connectivity index (χ4n) is 4.58. The molecule has 3 aromatic rings. The van der Waals surface area contributed by atoms with Gasteiger partial charge in [0.1, 0.15) is 24.0 Å². The third-order valence-corrected chi connectivity index (χ3v) is 6.59. The number of aryl methyl sites for hydroxylation is 1. The van der Waals surface area contributed by atoms with Gasteiger partial charge in [0.15, 0.2) is 12.6 Å². The van der Waals surface area contributed by atoms with E-state index in [1.807, 2.05) is 37.3 Å². The zero-order valence-corrected chi connectivity index (χ0v) is 20.1. The second kappa shape index (κ2) is 8.54. The average Bonchev–Trinajstić information content (AvgIpc) is 3.17. The SMILES string of the molecule is Cc1cc2c(c3c1C(=O)/C(=C/c1cc(Br)cc4c1OCOC4)O3)CN(Cc1ccncc1)CO2. The Morgan fingerprint density at radius 1 is 1.15 bits per heavy atom. The second-order valence-electron chi connectivity index (χ2n) is 8.52. The summed E-state index contributed by atoms with van der Waals surface area (Å²) in [6.45, 7) is 4.35. The highest BCUT2D eigenvalue weighted by Crippen LogP contribution is 2.45. The van der Waals surface area contributed by atoms with Crippen molar-refractivity contribution in [2.75, 3.05) is 13.5 Å². The number of aromatic nitrogens is 1. The van der Waals surface area contributed by atoms with Gasteiger partial charge in [0.2, 0.25) is 5.78 Å². The molecule has 0 fully saturated rings.